The van der Waals surface area contributed by atoms with Crippen LogP contribution in [0.4, 0.5) is 5.82 Å². The van der Waals surface area contributed by atoms with Crippen molar-refractivity contribution in [2.75, 3.05) is 45.6 Å². The second-order valence-corrected chi connectivity index (χ2v) is 4.99. The highest BCUT2D eigenvalue weighted by atomic mass is 16.4. The van der Waals surface area contributed by atoms with Gasteiger partial charge in [-0.05, 0) is 26.2 Å². The number of nitrogens with zero attached hydrogens (tertiary/aromatic N) is 3. The van der Waals surface area contributed by atoms with Crippen molar-refractivity contribution in [3.05, 3.63) is 23.9 Å². The van der Waals surface area contributed by atoms with Crippen molar-refractivity contribution < 1.29 is 9.90 Å². The van der Waals surface area contributed by atoms with Crippen LogP contribution in [0.3, 0.4) is 0 Å². The van der Waals surface area contributed by atoms with E-state index in [1.807, 2.05) is 0 Å². The number of hydrogen-bond donors (Lipinski definition) is 2. The first-order valence-electron chi connectivity index (χ1n) is 6.39. The molecule has 0 amide bonds. The molecule has 1 aliphatic rings. The van der Waals surface area contributed by atoms with Gasteiger partial charge in [0.1, 0.15) is 5.82 Å². The number of likely N-dealkylation sites (N-methyl/N-ethyl adjacent to an activating group) is 2. The van der Waals surface area contributed by atoms with E-state index in [4.69, 9.17) is 5.11 Å². The molecule has 1 atom stereocenters. The summed E-state index contributed by atoms with van der Waals surface area (Å²) >= 11 is 0. The van der Waals surface area contributed by atoms with E-state index >= 15 is 0 Å². The van der Waals surface area contributed by atoms with E-state index in [0.717, 1.165) is 26.2 Å². The number of anilines is 1. The molecule has 1 saturated heterocycles. The molecule has 6 heteroatoms. The first-order valence-corrected chi connectivity index (χ1v) is 6.39. The first kappa shape index (κ1) is 13.8. The molecule has 2 rings (SSSR count). The maximum absolute atomic E-state index is 10.8. The maximum atomic E-state index is 10.8. The molecule has 1 aromatic rings. The third-order valence-corrected chi connectivity index (χ3v) is 3.47. The molecule has 1 aromatic heterocycles. The number of carboxylic acids is 1. The highest BCUT2D eigenvalue weighted by Crippen LogP contribution is 2.09. The summed E-state index contributed by atoms with van der Waals surface area (Å²) in [6.07, 6.45) is 0. The van der Waals surface area contributed by atoms with Gasteiger partial charge in [-0.1, -0.05) is 6.07 Å². The number of nitrogens with one attached hydrogen (secondary N) is 1. The lowest BCUT2D eigenvalue weighted by atomic mass is 10.2. The van der Waals surface area contributed by atoms with Gasteiger partial charge >= 0.3 is 5.97 Å². The highest BCUT2D eigenvalue weighted by molar-refractivity contribution is 5.85. The van der Waals surface area contributed by atoms with Crippen LogP contribution in [0.5, 0.6) is 0 Å². The SMILES string of the molecule is CN1CCN(C)C(CNc2cccc(C(=O)O)n2)C1. The molecular formula is C13H20N4O2. The minimum Gasteiger partial charge on any atom is -0.477 e. The molecule has 104 valence electrons. The van der Waals surface area contributed by atoms with Crippen molar-refractivity contribution in [3.8, 4) is 0 Å². The number of aromatic nitrogens is 1. The highest BCUT2D eigenvalue weighted by Gasteiger charge is 2.21. The zero-order valence-corrected chi connectivity index (χ0v) is 11.3. The monoisotopic (exact) mass is 264 g/mol. The van der Waals surface area contributed by atoms with Crippen molar-refractivity contribution in [2.45, 2.75) is 6.04 Å². The van der Waals surface area contributed by atoms with Gasteiger partial charge in [0.15, 0.2) is 5.69 Å². The summed E-state index contributed by atoms with van der Waals surface area (Å²) < 4.78 is 0. The molecule has 1 fully saturated rings. The molecule has 0 bridgehead atoms. The number of carboxylic acid groups (broad SMARTS) is 1. The van der Waals surface area contributed by atoms with Crippen LogP contribution in [0.1, 0.15) is 10.5 Å². The first-order chi connectivity index (χ1) is 9.06. The van der Waals surface area contributed by atoms with Crippen LogP contribution in [0.2, 0.25) is 0 Å². The summed E-state index contributed by atoms with van der Waals surface area (Å²) in [6.45, 7) is 3.89. The minimum atomic E-state index is -1.00. The topological polar surface area (TPSA) is 68.7 Å². The van der Waals surface area contributed by atoms with E-state index in [1.54, 1.807) is 12.1 Å². The largest absolute Gasteiger partial charge is 0.477 e. The van der Waals surface area contributed by atoms with Crippen molar-refractivity contribution in [3.63, 3.8) is 0 Å². The average molecular weight is 264 g/mol. The van der Waals surface area contributed by atoms with Gasteiger partial charge in [-0.25, -0.2) is 9.78 Å². The Morgan fingerprint density at radius 1 is 1.47 bits per heavy atom. The molecule has 1 aliphatic heterocycles. The Morgan fingerprint density at radius 2 is 2.26 bits per heavy atom. The van der Waals surface area contributed by atoms with Crippen LogP contribution in [-0.2, 0) is 0 Å². The summed E-state index contributed by atoms with van der Waals surface area (Å²) in [6, 6.07) is 5.40. The zero-order chi connectivity index (χ0) is 13.8. The molecule has 0 spiro atoms. The fourth-order valence-corrected chi connectivity index (χ4v) is 2.20. The van der Waals surface area contributed by atoms with Crippen LogP contribution < -0.4 is 5.32 Å². The smallest absolute Gasteiger partial charge is 0.354 e. The molecule has 19 heavy (non-hydrogen) atoms. The third-order valence-electron chi connectivity index (χ3n) is 3.47. The van der Waals surface area contributed by atoms with E-state index in [-0.39, 0.29) is 5.69 Å². The molecule has 0 aliphatic carbocycles. The zero-order valence-electron chi connectivity index (χ0n) is 11.3. The Hall–Kier alpha value is -1.66. The number of carbonyl (C=O) groups is 1. The number of aromatic carboxylic acids is 1. The van der Waals surface area contributed by atoms with Gasteiger partial charge in [0.2, 0.25) is 0 Å². The summed E-state index contributed by atoms with van der Waals surface area (Å²) in [4.78, 5) is 19.5. The molecule has 2 heterocycles. The second kappa shape index (κ2) is 5.99. The Bertz CT molecular complexity index is 452. The van der Waals surface area contributed by atoms with E-state index in [9.17, 15) is 4.79 Å². The molecule has 2 N–H and O–H groups in total. The summed E-state index contributed by atoms with van der Waals surface area (Å²) in [5.41, 5.74) is 0.0686. The molecule has 0 radical (unpaired) electrons. The van der Waals surface area contributed by atoms with Gasteiger partial charge in [-0.15, -0.1) is 0 Å². The van der Waals surface area contributed by atoms with Crippen LogP contribution >= 0.6 is 0 Å². The number of hydrogen-bond acceptors (Lipinski definition) is 5. The van der Waals surface area contributed by atoms with Gasteiger partial charge in [0.05, 0.1) is 0 Å². The van der Waals surface area contributed by atoms with Gasteiger partial charge < -0.3 is 15.3 Å². The maximum Gasteiger partial charge on any atom is 0.354 e. The van der Waals surface area contributed by atoms with Crippen LogP contribution in [0.25, 0.3) is 0 Å². The van der Waals surface area contributed by atoms with E-state index in [0.29, 0.717) is 11.9 Å². The van der Waals surface area contributed by atoms with Crippen LogP contribution in [-0.4, -0.2) is 72.2 Å². The van der Waals surface area contributed by atoms with E-state index < -0.39 is 5.97 Å². The van der Waals surface area contributed by atoms with Gasteiger partial charge in [-0.2, -0.15) is 0 Å². The molecule has 0 aromatic carbocycles. The van der Waals surface area contributed by atoms with Crippen LogP contribution in [0, 0.1) is 0 Å². The van der Waals surface area contributed by atoms with Crippen molar-refractivity contribution in [2.24, 2.45) is 0 Å². The van der Waals surface area contributed by atoms with Crippen LogP contribution in [0.15, 0.2) is 18.2 Å². The lowest BCUT2D eigenvalue weighted by Gasteiger charge is -2.37. The predicted molar refractivity (Wildman–Crippen MR) is 73.6 cm³/mol. The summed E-state index contributed by atoms with van der Waals surface area (Å²) in [5, 5.41) is 12.1. The number of rotatable bonds is 4. The fraction of sp³-hybridized carbons (Fsp3) is 0.538. The van der Waals surface area contributed by atoms with E-state index in [2.05, 4.69) is 34.2 Å². The lowest BCUT2D eigenvalue weighted by Crippen LogP contribution is -2.52. The average Bonchev–Trinajstić information content (AvgIpc) is 2.40. The van der Waals surface area contributed by atoms with E-state index in [1.165, 1.54) is 6.07 Å². The van der Waals surface area contributed by atoms with Gasteiger partial charge in [0.25, 0.3) is 0 Å². The quantitative estimate of drug-likeness (QED) is 0.822. The Morgan fingerprint density at radius 3 is 3.00 bits per heavy atom. The number of pyridine rings is 1. The van der Waals surface area contributed by atoms with Crippen molar-refractivity contribution >= 4 is 11.8 Å². The lowest BCUT2D eigenvalue weighted by molar-refractivity contribution is 0.0690. The molecular weight excluding hydrogens is 244 g/mol. The number of piperazine rings is 1. The minimum absolute atomic E-state index is 0.0686. The van der Waals surface area contributed by atoms with Crippen molar-refractivity contribution in [1.82, 2.24) is 14.8 Å². The second-order valence-electron chi connectivity index (χ2n) is 4.99. The molecule has 1 unspecified atom stereocenters. The van der Waals surface area contributed by atoms with Gasteiger partial charge in [-0.3, -0.25) is 4.90 Å². The molecule has 0 saturated carbocycles. The Labute approximate surface area is 113 Å². The fourth-order valence-electron chi connectivity index (χ4n) is 2.20. The Balaban J connectivity index is 1.94. The summed E-state index contributed by atoms with van der Waals surface area (Å²) in [7, 11) is 4.23. The Kier molecular flexibility index (Phi) is 4.34. The molecule has 6 nitrogen and oxygen atoms in total. The van der Waals surface area contributed by atoms with Crippen molar-refractivity contribution in [1.29, 1.82) is 0 Å². The summed E-state index contributed by atoms with van der Waals surface area (Å²) in [5.74, 6) is -0.389. The normalized spacial score (nSPS) is 21.3. The third kappa shape index (κ3) is 3.65. The standard InChI is InChI=1S/C13H20N4O2/c1-16-6-7-17(2)10(9-16)8-14-12-5-3-4-11(15-12)13(18)19/h3-5,10H,6-9H2,1-2H3,(H,14,15)(H,18,19). The predicted octanol–water partition coefficient (Wildman–Crippen LogP) is 0.438. The van der Waals surface area contributed by atoms with Gasteiger partial charge in [0, 0.05) is 32.2 Å².